The number of para-hydroxylation sites is 1. The van der Waals surface area contributed by atoms with Gasteiger partial charge in [-0.2, -0.15) is 0 Å². The van der Waals surface area contributed by atoms with Crippen molar-refractivity contribution in [1.29, 1.82) is 0 Å². The molecule has 0 aromatic heterocycles. The van der Waals surface area contributed by atoms with E-state index >= 15 is 0 Å². The lowest BCUT2D eigenvalue weighted by Crippen LogP contribution is -2.17. The van der Waals surface area contributed by atoms with Gasteiger partial charge >= 0.3 is 0 Å². The molecule has 0 amide bonds. The standard InChI is InChI=1S/C57H64N2/c1-4-7-10-13-15-19-24-45-28-36-49(37-29-45)58(44-23-17-12-9-6-3)54-42-34-47-33-41-53-55(43-35-48-32-40-52(54)56(47)57(48)53)59(50-26-21-18-22-27-50)51-38-30-46(31-39-51)25-20-16-14-11-8-5-2/h6,9,12,17-18,21-23,26-43H,3-5,7-8,10-11,13-16,19-20,24-25,44H2,1-2H3/b12-9-,23-17-. The number of rotatable bonds is 23. The molecule has 0 bridgehead atoms. The molecule has 7 aromatic rings. The lowest BCUT2D eigenvalue weighted by Gasteiger charge is -2.29. The Labute approximate surface area is 354 Å². The molecule has 59 heavy (non-hydrogen) atoms. The summed E-state index contributed by atoms with van der Waals surface area (Å²) in [5, 5.41) is 7.71. The summed E-state index contributed by atoms with van der Waals surface area (Å²) < 4.78 is 0. The molecule has 2 heteroatoms. The molecular formula is C57H64N2. The monoisotopic (exact) mass is 777 g/mol. The smallest absolute Gasteiger partial charge is 0.0540 e. The fourth-order valence-electron chi connectivity index (χ4n) is 8.81. The van der Waals surface area contributed by atoms with Gasteiger partial charge in [0.2, 0.25) is 0 Å². The number of aryl methyl sites for hydroxylation is 2. The quantitative estimate of drug-likeness (QED) is 0.0363. The predicted octanol–water partition coefficient (Wildman–Crippen LogP) is 17.3. The minimum Gasteiger partial charge on any atom is -0.337 e. The van der Waals surface area contributed by atoms with Crippen LogP contribution in [-0.2, 0) is 12.8 Å². The Bertz CT molecular complexity index is 2400. The molecule has 0 N–H and O–H groups in total. The first-order valence-corrected chi connectivity index (χ1v) is 22.7. The third-order valence-electron chi connectivity index (χ3n) is 12.0. The van der Waals surface area contributed by atoms with Gasteiger partial charge in [0, 0.05) is 40.1 Å². The second-order valence-corrected chi connectivity index (χ2v) is 16.3. The van der Waals surface area contributed by atoms with Gasteiger partial charge in [0.05, 0.1) is 5.69 Å². The molecule has 0 saturated heterocycles. The van der Waals surface area contributed by atoms with Crippen molar-refractivity contribution in [2.24, 2.45) is 0 Å². The van der Waals surface area contributed by atoms with Gasteiger partial charge in [0.15, 0.2) is 0 Å². The number of anilines is 5. The average molecular weight is 777 g/mol. The van der Waals surface area contributed by atoms with Crippen LogP contribution in [0.2, 0.25) is 0 Å². The van der Waals surface area contributed by atoms with Gasteiger partial charge in [0.1, 0.15) is 0 Å². The predicted molar refractivity (Wildman–Crippen MR) is 261 cm³/mol. The zero-order chi connectivity index (χ0) is 40.7. The molecule has 0 radical (unpaired) electrons. The number of allylic oxidation sites excluding steroid dienone is 4. The van der Waals surface area contributed by atoms with Crippen LogP contribution in [0.5, 0.6) is 0 Å². The Morgan fingerprint density at radius 2 is 0.932 bits per heavy atom. The maximum atomic E-state index is 3.85. The van der Waals surface area contributed by atoms with E-state index < -0.39 is 0 Å². The second-order valence-electron chi connectivity index (χ2n) is 16.3. The molecule has 302 valence electrons. The lowest BCUT2D eigenvalue weighted by molar-refractivity contribution is 0.607. The second kappa shape index (κ2) is 21.4. The average Bonchev–Trinajstić information content (AvgIpc) is 3.28. The van der Waals surface area contributed by atoms with Crippen molar-refractivity contribution < 1.29 is 0 Å². The maximum Gasteiger partial charge on any atom is 0.0540 e. The number of hydrogen-bond acceptors (Lipinski definition) is 2. The summed E-state index contributed by atoms with van der Waals surface area (Å²) in [6.07, 6.45) is 28.4. The van der Waals surface area contributed by atoms with Crippen LogP contribution in [-0.4, -0.2) is 6.54 Å². The molecular weight excluding hydrogens is 713 g/mol. The van der Waals surface area contributed by atoms with E-state index in [2.05, 4.69) is 176 Å². The van der Waals surface area contributed by atoms with Gasteiger partial charge in [-0.1, -0.05) is 194 Å². The molecule has 0 spiro atoms. The third-order valence-corrected chi connectivity index (χ3v) is 12.0. The number of hydrogen-bond donors (Lipinski definition) is 0. The summed E-state index contributed by atoms with van der Waals surface area (Å²) in [6.45, 7) is 9.18. The molecule has 0 aliphatic rings. The molecule has 7 rings (SSSR count). The number of unbranched alkanes of at least 4 members (excludes halogenated alkanes) is 10. The maximum absolute atomic E-state index is 3.85. The molecule has 0 unspecified atom stereocenters. The summed E-state index contributed by atoms with van der Waals surface area (Å²) in [5.41, 5.74) is 8.81. The van der Waals surface area contributed by atoms with Crippen molar-refractivity contribution in [3.63, 3.8) is 0 Å². The SMILES string of the molecule is C=C/C=C\C=C/CN(c1ccc(CCCCCCCC)cc1)c1ccc2ccc3c(N(c4ccccc4)c4ccc(CCCCCCCC)cc4)ccc4ccc1c2c43. The van der Waals surface area contributed by atoms with Gasteiger partial charge in [-0.15, -0.1) is 0 Å². The van der Waals surface area contributed by atoms with Crippen LogP contribution >= 0.6 is 0 Å². The summed E-state index contributed by atoms with van der Waals surface area (Å²) >= 11 is 0. The lowest BCUT2D eigenvalue weighted by atomic mass is 9.91. The van der Waals surface area contributed by atoms with Gasteiger partial charge < -0.3 is 9.80 Å². The topological polar surface area (TPSA) is 6.48 Å². The van der Waals surface area contributed by atoms with Crippen molar-refractivity contribution in [3.8, 4) is 0 Å². The Balaban J connectivity index is 1.25. The van der Waals surface area contributed by atoms with E-state index in [-0.39, 0.29) is 0 Å². The first-order valence-electron chi connectivity index (χ1n) is 22.7. The van der Waals surface area contributed by atoms with Crippen LogP contribution in [0.3, 0.4) is 0 Å². The van der Waals surface area contributed by atoms with Gasteiger partial charge in [0.25, 0.3) is 0 Å². The Morgan fingerprint density at radius 1 is 0.441 bits per heavy atom. The largest absolute Gasteiger partial charge is 0.337 e. The zero-order valence-corrected chi connectivity index (χ0v) is 35.7. The molecule has 0 fully saturated rings. The molecule has 0 saturated carbocycles. The van der Waals surface area contributed by atoms with Crippen LogP contribution in [0.1, 0.15) is 102 Å². The molecule has 0 atom stereocenters. The molecule has 2 nitrogen and oxygen atoms in total. The fourth-order valence-corrected chi connectivity index (χ4v) is 8.81. The van der Waals surface area contributed by atoms with Crippen LogP contribution in [0.4, 0.5) is 28.4 Å². The van der Waals surface area contributed by atoms with Crippen molar-refractivity contribution in [2.45, 2.75) is 104 Å². The highest BCUT2D eigenvalue weighted by molar-refractivity contribution is 6.27. The highest BCUT2D eigenvalue weighted by Crippen LogP contribution is 2.46. The highest BCUT2D eigenvalue weighted by Gasteiger charge is 2.21. The first kappa shape index (κ1) is 41.6. The van der Waals surface area contributed by atoms with Crippen LogP contribution in [0.15, 0.2) is 164 Å². The van der Waals surface area contributed by atoms with Gasteiger partial charge in [-0.3, -0.25) is 0 Å². The molecule has 0 heterocycles. The van der Waals surface area contributed by atoms with Crippen molar-refractivity contribution in [3.05, 3.63) is 175 Å². The normalized spacial score (nSPS) is 11.8. The Kier molecular flexibility index (Phi) is 15.1. The van der Waals surface area contributed by atoms with Crippen LogP contribution in [0, 0.1) is 0 Å². The van der Waals surface area contributed by atoms with E-state index in [1.165, 1.54) is 143 Å². The fraction of sp³-hybridized carbons (Fsp3) is 0.298. The van der Waals surface area contributed by atoms with Crippen LogP contribution in [0.25, 0.3) is 32.3 Å². The minimum atomic E-state index is 0.754. The van der Waals surface area contributed by atoms with E-state index in [1.807, 2.05) is 12.2 Å². The van der Waals surface area contributed by atoms with Gasteiger partial charge in [-0.05, 0) is 107 Å². The van der Waals surface area contributed by atoms with Crippen molar-refractivity contribution in [2.75, 3.05) is 16.3 Å². The number of nitrogens with zero attached hydrogens (tertiary/aromatic N) is 2. The van der Waals surface area contributed by atoms with E-state index in [1.54, 1.807) is 0 Å². The third kappa shape index (κ3) is 10.4. The molecule has 7 aromatic carbocycles. The van der Waals surface area contributed by atoms with Crippen LogP contribution < -0.4 is 9.80 Å². The van der Waals surface area contributed by atoms with E-state index in [9.17, 15) is 0 Å². The Morgan fingerprint density at radius 3 is 1.51 bits per heavy atom. The summed E-state index contributed by atoms with van der Waals surface area (Å²) in [4.78, 5) is 4.92. The van der Waals surface area contributed by atoms with E-state index in [4.69, 9.17) is 0 Å². The molecule has 0 aliphatic heterocycles. The van der Waals surface area contributed by atoms with Crippen molar-refractivity contribution in [1.82, 2.24) is 0 Å². The number of benzene rings is 7. The van der Waals surface area contributed by atoms with Crippen molar-refractivity contribution >= 4 is 60.8 Å². The first-order chi connectivity index (χ1) is 29.2. The van der Waals surface area contributed by atoms with Gasteiger partial charge in [-0.25, -0.2) is 0 Å². The summed E-state index contributed by atoms with van der Waals surface area (Å²) in [7, 11) is 0. The summed E-state index contributed by atoms with van der Waals surface area (Å²) in [5.74, 6) is 0. The minimum absolute atomic E-state index is 0.754. The highest BCUT2D eigenvalue weighted by atomic mass is 15.1. The Hall–Kier alpha value is -5.60. The van der Waals surface area contributed by atoms with E-state index in [0.717, 1.165) is 25.1 Å². The molecule has 0 aliphatic carbocycles. The zero-order valence-electron chi connectivity index (χ0n) is 35.7. The van der Waals surface area contributed by atoms with E-state index in [0.29, 0.717) is 0 Å². The summed E-state index contributed by atoms with van der Waals surface area (Å²) in [6, 6.07) is 48.2.